The van der Waals surface area contributed by atoms with Crippen LogP contribution in [0.2, 0.25) is 0 Å². The van der Waals surface area contributed by atoms with Gasteiger partial charge < -0.3 is 9.84 Å². The van der Waals surface area contributed by atoms with Crippen LogP contribution < -0.4 is 0 Å². The Morgan fingerprint density at radius 2 is 1.86 bits per heavy atom. The summed E-state index contributed by atoms with van der Waals surface area (Å²) in [5.74, 6) is -0.997. The summed E-state index contributed by atoms with van der Waals surface area (Å²) in [6.45, 7) is 1.55. The van der Waals surface area contributed by atoms with Crippen molar-refractivity contribution in [2.75, 3.05) is 13.2 Å². The molecule has 1 fully saturated rings. The van der Waals surface area contributed by atoms with Gasteiger partial charge in [0.05, 0.1) is 10.8 Å². The Labute approximate surface area is 123 Å². The number of ether oxygens (including phenoxy) is 1. The summed E-state index contributed by atoms with van der Waals surface area (Å²) in [5, 5.41) is 8.61. The minimum absolute atomic E-state index is 0.194. The third kappa shape index (κ3) is 2.68. The fraction of sp³-hybridized carbons (Fsp3) is 0.500. The van der Waals surface area contributed by atoms with E-state index in [9.17, 15) is 13.2 Å². The van der Waals surface area contributed by atoms with Gasteiger partial charge in [-0.3, -0.25) is 0 Å². The van der Waals surface area contributed by atoms with Crippen molar-refractivity contribution in [3.63, 3.8) is 0 Å². The molecule has 1 aromatic rings. The van der Waals surface area contributed by atoms with Crippen LogP contribution in [0.3, 0.4) is 0 Å². The van der Waals surface area contributed by atoms with E-state index in [1.54, 1.807) is 12.1 Å². The Morgan fingerprint density at radius 3 is 2.52 bits per heavy atom. The zero-order chi connectivity index (χ0) is 15.0. The maximum atomic E-state index is 12.6. The van der Waals surface area contributed by atoms with Gasteiger partial charge in [0.15, 0.2) is 0 Å². The highest BCUT2D eigenvalue weighted by Crippen LogP contribution is 2.30. The fourth-order valence-electron chi connectivity index (χ4n) is 2.86. The van der Waals surface area contributed by atoms with Crippen LogP contribution >= 0.6 is 0 Å². The molecule has 2 aliphatic rings. The maximum absolute atomic E-state index is 12.6. The molecule has 0 unspecified atom stereocenters. The number of carboxylic acid groups (broad SMARTS) is 1. The molecule has 1 aromatic carbocycles. The zero-order valence-corrected chi connectivity index (χ0v) is 12.3. The summed E-state index contributed by atoms with van der Waals surface area (Å²) in [7, 11) is -3.36. The van der Waals surface area contributed by atoms with Crippen molar-refractivity contribution < 1.29 is 23.1 Å². The quantitative estimate of drug-likeness (QED) is 0.907. The van der Waals surface area contributed by atoms with E-state index in [2.05, 4.69) is 0 Å². The van der Waals surface area contributed by atoms with Crippen LogP contribution in [0.1, 0.15) is 34.3 Å². The van der Waals surface area contributed by atoms with E-state index in [0.29, 0.717) is 32.6 Å². The highest BCUT2D eigenvalue weighted by molar-refractivity contribution is 7.89. The molecule has 0 saturated carbocycles. The lowest BCUT2D eigenvalue weighted by molar-refractivity contribution is 0.0696. The molecule has 0 bridgehead atoms. The van der Waals surface area contributed by atoms with E-state index in [1.165, 1.54) is 10.4 Å². The monoisotopic (exact) mass is 311 g/mol. The average molecular weight is 311 g/mol. The second kappa shape index (κ2) is 5.40. The summed E-state index contributed by atoms with van der Waals surface area (Å²) in [6, 6.07) is 4.79. The number of carbonyl (C=O) groups is 1. The molecule has 0 aromatic heterocycles. The number of aromatic carboxylic acids is 1. The van der Waals surface area contributed by atoms with Gasteiger partial charge in [0.25, 0.3) is 0 Å². The van der Waals surface area contributed by atoms with Crippen molar-refractivity contribution in [1.29, 1.82) is 0 Å². The van der Waals surface area contributed by atoms with Crippen LogP contribution in [0.25, 0.3) is 0 Å². The minimum Gasteiger partial charge on any atom is -0.478 e. The third-order valence-corrected chi connectivity index (χ3v) is 6.39. The van der Waals surface area contributed by atoms with Crippen molar-refractivity contribution in [2.24, 2.45) is 0 Å². The molecule has 0 atom stereocenters. The molecule has 0 aliphatic carbocycles. The molecule has 0 spiro atoms. The summed E-state index contributed by atoms with van der Waals surface area (Å²) in [4.78, 5) is 11.0. The van der Waals surface area contributed by atoms with Gasteiger partial charge in [0.1, 0.15) is 0 Å². The van der Waals surface area contributed by atoms with Gasteiger partial charge in [-0.1, -0.05) is 6.07 Å². The molecule has 2 aliphatic heterocycles. The van der Waals surface area contributed by atoms with Gasteiger partial charge >= 0.3 is 5.97 Å². The van der Waals surface area contributed by atoms with E-state index in [0.717, 1.165) is 11.1 Å². The number of fused-ring (bicyclic) bond motifs is 1. The third-order valence-electron chi connectivity index (χ3n) is 4.10. The van der Waals surface area contributed by atoms with E-state index < -0.39 is 16.0 Å². The Kier molecular flexibility index (Phi) is 3.73. The van der Waals surface area contributed by atoms with E-state index >= 15 is 0 Å². The Bertz CT molecular complexity index is 664. The predicted octanol–water partition coefficient (Wildman–Crippen LogP) is 1.21. The number of hydrogen-bond acceptors (Lipinski definition) is 4. The number of hydrogen-bond donors (Lipinski definition) is 1. The second-order valence-corrected chi connectivity index (χ2v) is 7.63. The number of carboxylic acids is 1. The van der Waals surface area contributed by atoms with Crippen LogP contribution in [0, 0.1) is 0 Å². The maximum Gasteiger partial charge on any atom is 0.335 e. The van der Waals surface area contributed by atoms with Gasteiger partial charge in [0.2, 0.25) is 10.0 Å². The van der Waals surface area contributed by atoms with E-state index in [-0.39, 0.29) is 17.4 Å². The van der Waals surface area contributed by atoms with Gasteiger partial charge in [-0.25, -0.2) is 13.2 Å². The van der Waals surface area contributed by atoms with Crippen LogP contribution in [0.15, 0.2) is 18.2 Å². The molecule has 1 N–H and O–H groups in total. The van der Waals surface area contributed by atoms with Crippen molar-refractivity contribution >= 4 is 16.0 Å². The largest absolute Gasteiger partial charge is 0.478 e. The topological polar surface area (TPSA) is 83.9 Å². The lowest BCUT2D eigenvalue weighted by Gasteiger charge is -2.26. The fourth-order valence-corrected chi connectivity index (χ4v) is 4.71. The number of benzene rings is 1. The molecule has 0 radical (unpaired) electrons. The Balaban J connectivity index is 1.82. The first-order chi connectivity index (χ1) is 9.98. The Morgan fingerprint density at radius 1 is 1.19 bits per heavy atom. The number of sulfonamides is 1. The van der Waals surface area contributed by atoms with Crippen molar-refractivity contribution in [3.05, 3.63) is 34.9 Å². The molecule has 2 heterocycles. The van der Waals surface area contributed by atoms with Crippen molar-refractivity contribution in [2.45, 2.75) is 31.2 Å². The van der Waals surface area contributed by atoms with Crippen LogP contribution in [-0.4, -0.2) is 42.3 Å². The standard InChI is InChI=1S/C14H17NO5S/c16-14(17)10-1-2-11-8-15(9-12(11)7-10)21(18,19)13-3-5-20-6-4-13/h1-2,7,13H,3-6,8-9H2,(H,16,17). The van der Waals surface area contributed by atoms with Crippen molar-refractivity contribution in [3.8, 4) is 0 Å². The van der Waals surface area contributed by atoms with Crippen molar-refractivity contribution in [1.82, 2.24) is 4.31 Å². The lowest BCUT2D eigenvalue weighted by atomic mass is 10.1. The summed E-state index contributed by atoms with van der Waals surface area (Å²) in [6.07, 6.45) is 1.05. The SMILES string of the molecule is O=C(O)c1ccc2c(c1)CN(S(=O)(=O)C1CCOCC1)C2. The van der Waals surface area contributed by atoms with E-state index in [1.807, 2.05) is 0 Å². The number of nitrogens with zero attached hydrogens (tertiary/aromatic N) is 1. The molecule has 114 valence electrons. The highest BCUT2D eigenvalue weighted by atomic mass is 32.2. The highest BCUT2D eigenvalue weighted by Gasteiger charge is 2.36. The minimum atomic E-state index is -3.36. The Hall–Kier alpha value is -1.44. The molecule has 7 heteroatoms. The van der Waals surface area contributed by atoms with Crippen LogP contribution in [-0.2, 0) is 27.8 Å². The van der Waals surface area contributed by atoms with Crippen LogP contribution in [0.5, 0.6) is 0 Å². The van der Waals surface area contributed by atoms with Gasteiger partial charge in [0, 0.05) is 26.3 Å². The van der Waals surface area contributed by atoms with Gasteiger partial charge in [-0.05, 0) is 36.1 Å². The van der Waals surface area contributed by atoms with E-state index in [4.69, 9.17) is 9.84 Å². The molecule has 3 rings (SSSR count). The molecular weight excluding hydrogens is 294 g/mol. The second-order valence-electron chi connectivity index (χ2n) is 5.41. The first kappa shape index (κ1) is 14.5. The molecule has 6 nitrogen and oxygen atoms in total. The zero-order valence-electron chi connectivity index (χ0n) is 11.5. The average Bonchev–Trinajstić information content (AvgIpc) is 2.91. The van der Waals surface area contributed by atoms with Gasteiger partial charge in [-0.2, -0.15) is 4.31 Å². The summed E-state index contributed by atoms with van der Waals surface area (Å²) >= 11 is 0. The van der Waals surface area contributed by atoms with Gasteiger partial charge in [-0.15, -0.1) is 0 Å². The molecular formula is C14H17NO5S. The summed E-state index contributed by atoms with van der Waals surface area (Å²) < 4.78 is 31.9. The first-order valence-corrected chi connectivity index (χ1v) is 8.40. The lowest BCUT2D eigenvalue weighted by Crippen LogP contribution is -2.38. The number of rotatable bonds is 3. The normalized spacial score (nSPS) is 20.4. The predicted molar refractivity (Wildman–Crippen MR) is 75.4 cm³/mol. The van der Waals surface area contributed by atoms with Crippen LogP contribution in [0.4, 0.5) is 0 Å². The molecule has 0 amide bonds. The molecule has 1 saturated heterocycles. The smallest absolute Gasteiger partial charge is 0.335 e. The molecule has 21 heavy (non-hydrogen) atoms. The first-order valence-electron chi connectivity index (χ1n) is 6.90. The summed E-state index contributed by atoms with van der Waals surface area (Å²) in [5.41, 5.74) is 1.86.